The molecule has 0 bridgehead atoms. The van der Waals surface area contributed by atoms with Crippen molar-refractivity contribution in [1.29, 1.82) is 0 Å². The summed E-state index contributed by atoms with van der Waals surface area (Å²) in [5.74, 6) is 0.139. The van der Waals surface area contributed by atoms with Crippen molar-refractivity contribution in [2.45, 2.75) is 51.6 Å². The van der Waals surface area contributed by atoms with Gasteiger partial charge in [0.25, 0.3) is 5.91 Å². The Morgan fingerprint density at radius 2 is 1.58 bits per heavy atom. The summed E-state index contributed by atoms with van der Waals surface area (Å²) >= 11 is 0. The number of sulfonamides is 1. The van der Waals surface area contributed by atoms with Gasteiger partial charge in [0.1, 0.15) is 0 Å². The first-order valence-corrected chi connectivity index (χ1v) is 10.8. The standard InChI is InChI=1S/C19H31N3O3S/c1-15(2)22(16(3)4)19(23)14-20-10-12-21(13-11-20)26(24,25)18-8-6-17(5)7-9-18/h6-9,15-16H,10-14H2,1-5H3/p+1. The van der Waals surface area contributed by atoms with Gasteiger partial charge in [0.05, 0.1) is 31.1 Å². The summed E-state index contributed by atoms with van der Waals surface area (Å²) in [6, 6.07) is 7.31. The lowest BCUT2D eigenvalue weighted by molar-refractivity contribution is -0.896. The van der Waals surface area contributed by atoms with Gasteiger partial charge in [-0.25, -0.2) is 8.42 Å². The summed E-state index contributed by atoms with van der Waals surface area (Å²) in [4.78, 5) is 16.0. The number of rotatable bonds is 6. The van der Waals surface area contributed by atoms with E-state index in [-0.39, 0.29) is 18.0 Å². The average molecular weight is 383 g/mol. The Labute approximate surface area is 157 Å². The number of carbonyl (C=O) groups is 1. The van der Waals surface area contributed by atoms with Gasteiger partial charge in [-0.15, -0.1) is 0 Å². The number of amides is 1. The van der Waals surface area contributed by atoms with Crippen molar-refractivity contribution in [3.63, 3.8) is 0 Å². The third kappa shape index (κ3) is 4.84. The molecule has 1 aromatic rings. The van der Waals surface area contributed by atoms with E-state index in [9.17, 15) is 13.2 Å². The summed E-state index contributed by atoms with van der Waals surface area (Å²) in [6.07, 6.45) is 0. The van der Waals surface area contributed by atoms with Crippen LogP contribution in [0.3, 0.4) is 0 Å². The molecule has 2 rings (SSSR count). The zero-order valence-corrected chi connectivity index (χ0v) is 17.3. The molecule has 1 saturated heterocycles. The molecule has 1 aliphatic heterocycles. The fourth-order valence-electron chi connectivity index (χ4n) is 3.56. The van der Waals surface area contributed by atoms with Crippen molar-refractivity contribution in [1.82, 2.24) is 9.21 Å². The van der Waals surface area contributed by atoms with E-state index in [1.54, 1.807) is 12.1 Å². The van der Waals surface area contributed by atoms with Crippen LogP contribution in [-0.2, 0) is 14.8 Å². The highest BCUT2D eigenvalue weighted by Gasteiger charge is 2.32. The number of benzene rings is 1. The highest BCUT2D eigenvalue weighted by atomic mass is 32.2. The first kappa shape index (κ1) is 20.9. The SMILES string of the molecule is Cc1ccc(S(=O)(=O)N2CC[NH+](CC(=O)N(C(C)C)C(C)C)CC2)cc1. The predicted molar refractivity (Wildman–Crippen MR) is 103 cm³/mol. The molecule has 0 aliphatic carbocycles. The highest BCUT2D eigenvalue weighted by molar-refractivity contribution is 7.89. The number of carbonyl (C=O) groups excluding carboxylic acids is 1. The Balaban J connectivity index is 1.96. The number of nitrogens with one attached hydrogen (secondary N) is 1. The molecule has 146 valence electrons. The number of hydrogen-bond donors (Lipinski definition) is 1. The van der Waals surface area contributed by atoms with E-state index in [1.165, 1.54) is 4.31 Å². The van der Waals surface area contributed by atoms with E-state index in [0.717, 1.165) is 10.5 Å². The maximum absolute atomic E-state index is 12.8. The van der Waals surface area contributed by atoms with Crippen molar-refractivity contribution in [3.05, 3.63) is 29.8 Å². The average Bonchev–Trinajstić information content (AvgIpc) is 2.55. The molecule has 1 amide bonds. The zero-order chi connectivity index (χ0) is 19.5. The summed E-state index contributed by atoms with van der Waals surface area (Å²) < 4.78 is 27.0. The van der Waals surface area contributed by atoms with Crippen LogP contribution in [0.4, 0.5) is 0 Å². The smallest absolute Gasteiger partial charge is 0.278 e. The van der Waals surface area contributed by atoms with Crippen molar-refractivity contribution in [3.8, 4) is 0 Å². The zero-order valence-electron chi connectivity index (χ0n) is 16.5. The molecule has 0 unspecified atom stereocenters. The Morgan fingerprint density at radius 3 is 2.04 bits per heavy atom. The van der Waals surface area contributed by atoms with Gasteiger partial charge in [-0.2, -0.15) is 4.31 Å². The summed E-state index contributed by atoms with van der Waals surface area (Å²) in [6.45, 7) is 12.7. The van der Waals surface area contributed by atoms with Crippen molar-refractivity contribution < 1.29 is 18.1 Å². The van der Waals surface area contributed by atoms with Gasteiger partial charge in [0, 0.05) is 12.1 Å². The number of aryl methyl sites for hydroxylation is 1. The van der Waals surface area contributed by atoms with Gasteiger partial charge >= 0.3 is 0 Å². The van der Waals surface area contributed by atoms with E-state index in [1.807, 2.05) is 51.7 Å². The first-order chi connectivity index (χ1) is 12.1. The van der Waals surface area contributed by atoms with Gasteiger partial charge in [-0.3, -0.25) is 4.79 Å². The molecular formula is C19H32N3O3S+. The third-order valence-electron chi connectivity index (χ3n) is 4.89. The topological polar surface area (TPSA) is 62.1 Å². The maximum atomic E-state index is 12.8. The molecule has 0 atom stereocenters. The maximum Gasteiger partial charge on any atom is 0.278 e. The summed E-state index contributed by atoms with van der Waals surface area (Å²) in [5.41, 5.74) is 1.04. The lowest BCUT2D eigenvalue weighted by Crippen LogP contribution is -3.15. The van der Waals surface area contributed by atoms with E-state index in [4.69, 9.17) is 0 Å². The first-order valence-electron chi connectivity index (χ1n) is 9.34. The van der Waals surface area contributed by atoms with Crippen LogP contribution in [0, 0.1) is 6.92 Å². The van der Waals surface area contributed by atoms with Crippen LogP contribution in [0.1, 0.15) is 33.3 Å². The van der Waals surface area contributed by atoms with E-state index >= 15 is 0 Å². The van der Waals surface area contributed by atoms with Crippen molar-refractivity contribution in [2.24, 2.45) is 0 Å². The molecule has 0 spiro atoms. The van der Waals surface area contributed by atoms with Gasteiger partial charge < -0.3 is 9.80 Å². The quantitative estimate of drug-likeness (QED) is 0.781. The molecule has 1 heterocycles. The predicted octanol–water partition coefficient (Wildman–Crippen LogP) is 0.530. The lowest BCUT2D eigenvalue weighted by Gasteiger charge is -2.35. The lowest BCUT2D eigenvalue weighted by atomic mass is 10.2. The minimum atomic E-state index is -3.45. The second-order valence-electron chi connectivity index (χ2n) is 7.63. The molecule has 1 fully saturated rings. The van der Waals surface area contributed by atoms with Gasteiger partial charge in [-0.1, -0.05) is 17.7 Å². The molecule has 26 heavy (non-hydrogen) atoms. The molecule has 1 N–H and O–H groups in total. The van der Waals surface area contributed by atoms with Gasteiger partial charge in [-0.05, 0) is 46.8 Å². The minimum absolute atomic E-state index is 0.139. The minimum Gasteiger partial charge on any atom is -0.333 e. The monoisotopic (exact) mass is 382 g/mol. The molecule has 1 aromatic carbocycles. The normalized spacial score (nSPS) is 17.0. The second kappa shape index (κ2) is 8.50. The highest BCUT2D eigenvalue weighted by Crippen LogP contribution is 2.16. The number of piperazine rings is 1. The number of hydrogen-bond acceptors (Lipinski definition) is 3. The fourth-order valence-corrected chi connectivity index (χ4v) is 5.00. The molecule has 0 saturated carbocycles. The van der Waals surface area contributed by atoms with Gasteiger partial charge in [0.2, 0.25) is 10.0 Å². The molecule has 6 nitrogen and oxygen atoms in total. The van der Waals surface area contributed by atoms with Crippen LogP contribution in [0.15, 0.2) is 29.2 Å². The molecule has 0 aromatic heterocycles. The van der Waals surface area contributed by atoms with E-state index in [0.29, 0.717) is 37.6 Å². The fraction of sp³-hybridized carbons (Fsp3) is 0.632. The molecular weight excluding hydrogens is 350 g/mol. The summed E-state index contributed by atoms with van der Waals surface area (Å²) in [7, 11) is -3.45. The molecule has 7 heteroatoms. The van der Waals surface area contributed by atoms with Crippen LogP contribution in [0.5, 0.6) is 0 Å². The second-order valence-corrected chi connectivity index (χ2v) is 9.57. The Kier molecular flexibility index (Phi) is 6.82. The van der Waals surface area contributed by atoms with Crippen LogP contribution >= 0.6 is 0 Å². The van der Waals surface area contributed by atoms with Crippen LogP contribution in [-0.4, -0.2) is 68.3 Å². The Bertz CT molecular complexity index is 698. The third-order valence-corrected chi connectivity index (χ3v) is 6.80. The number of nitrogens with zero attached hydrogens (tertiary/aromatic N) is 2. The number of quaternary nitrogens is 1. The van der Waals surface area contributed by atoms with Crippen LogP contribution in [0.2, 0.25) is 0 Å². The van der Waals surface area contributed by atoms with Gasteiger partial charge in [0.15, 0.2) is 6.54 Å². The summed E-state index contributed by atoms with van der Waals surface area (Å²) in [5, 5.41) is 0. The van der Waals surface area contributed by atoms with Crippen molar-refractivity contribution >= 4 is 15.9 Å². The largest absolute Gasteiger partial charge is 0.333 e. The van der Waals surface area contributed by atoms with Crippen LogP contribution < -0.4 is 4.90 Å². The molecule has 0 radical (unpaired) electrons. The Morgan fingerprint density at radius 1 is 1.08 bits per heavy atom. The van der Waals surface area contributed by atoms with E-state index < -0.39 is 10.0 Å². The molecule has 1 aliphatic rings. The van der Waals surface area contributed by atoms with Crippen molar-refractivity contribution in [2.75, 3.05) is 32.7 Å². The van der Waals surface area contributed by atoms with E-state index in [2.05, 4.69) is 0 Å². The Hall–Kier alpha value is -1.44. The van der Waals surface area contributed by atoms with Crippen LogP contribution in [0.25, 0.3) is 0 Å².